The van der Waals surface area contributed by atoms with Gasteiger partial charge in [0, 0.05) is 0 Å². The number of anilines is 1. The van der Waals surface area contributed by atoms with Gasteiger partial charge < -0.3 is 5.32 Å². The molecule has 0 aliphatic heterocycles. The highest BCUT2D eigenvalue weighted by Gasteiger charge is 2.20. The summed E-state index contributed by atoms with van der Waals surface area (Å²) >= 11 is 2.47. The maximum Gasteiger partial charge on any atom is 0.237 e. The van der Waals surface area contributed by atoms with Gasteiger partial charge in [-0.1, -0.05) is 23.1 Å². The Balaban J connectivity index is 2.05. The number of nitrogens with zero attached hydrogens (tertiary/aromatic N) is 2. The Labute approximate surface area is 126 Å². The summed E-state index contributed by atoms with van der Waals surface area (Å²) in [4.78, 5) is 11.9. The fourth-order valence-corrected chi connectivity index (χ4v) is 3.35. The highest BCUT2D eigenvalue weighted by molar-refractivity contribution is 8.02. The fraction of sp³-hybridized carbons (Fsp3) is 0.250. The molecule has 1 amide bonds. The van der Waals surface area contributed by atoms with Crippen LogP contribution in [0.25, 0.3) is 0 Å². The topological polar surface area (TPSA) is 54.9 Å². The zero-order chi connectivity index (χ0) is 15.6. The molecule has 4 nitrogen and oxygen atoms in total. The first-order valence-electron chi connectivity index (χ1n) is 5.79. The van der Waals surface area contributed by atoms with Crippen molar-refractivity contribution in [2.75, 3.05) is 5.32 Å². The number of benzene rings is 1. The van der Waals surface area contributed by atoms with E-state index in [-0.39, 0.29) is 0 Å². The lowest BCUT2D eigenvalue weighted by atomic mass is 10.2. The van der Waals surface area contributed by atoms with E-state index in [9.17, 15) is 18.0 Å². The number of carbonyl (C=O) groups is 1. The van der Waals surface area contributed by atoms with Gasteiger partial charge in [-0.15, -0.1) is 10.2 Å². The molecular formula is C12H10F3N3OS2. The number of aromatic nitrogens is 2. The summed E-state index contributed by atoms with van der Waals surface area (Å²) in [5.41, 5.74) is -0.403. The number of aryl methyl sites for hydroxylation is 1. The van der Waals surface area contributed by atoms with Crippen LogP contribution in [0.4, 0.5) is 18.9 Å². The highest BCUT2D eigenvalue weighted by Crippen LogP contribution is 2.27. The summed E-state index contributed by atoms with van der Waals surface area (Å²) in [6, 6.07) is 1.72. The molecular weight excluding hydrogens is 323 g/mol. The van der Waals surface area contributed by atoms with E-state index in [1.54, 1.807) is 13.8 Å². The summed E-state index contributed by atoms with van der Waals surface area (Å²) in [5.74, 6) is -4.89. The fourth-order valence-electron chi connectivity index (χ4n) is 1.39. The van der Waals surface area contributed by atoms with Crippen LogP contribution in [0.3, 0.4) is 0 Å². The first-order chi connectivity index (χ1) is 9.88. The number of rotatable bonds is 4. The molecule has 2 aromatic rings. The van der Waals surface area contributed by atoms with E-state index < -0.39 is 34.3 Å². The second kappa shape index (κ2) is 6.44. The van der Waals surface area contributed by atoms with E-state index >= 15 is 0 Å². The minimum absolute atomic E-state index is 0.403. The van der Waals surface area contributed by atoms with Crippen molar-refractivity contribution in [3.63, 3.8) is 0 Å². The summed E-state index contributed by atoms with van der Waals surface area (Å²) in [6.45, 7) is 3.37. The van der Waals surface area contributed by atoms with Crippen LogP contribution in [0.1, 0.15) is 11.9 Å². The van der Waals surface area contributed by atoms with Gasteiger partial charge in [0.15, 0.2) is 21.8 Å². The molecule has 9 heteroatoms. The molecule has 0 saturated carbocycles. The first-order valence-corrected chi connectivity index (χ1v) is 7.49. The Morgan fingerprint density at radius 2 is 2.00 bits per heavy atom. The number of nitrogens with one attached hydrogen (secondary N) is 1. The van der Waals surface area contributed by atoms with Gasteiger partial charge in [0.1, 0.15) is 5.01 Å². The van der Waals surface area contributed by atoms with Crippen LogP contribution < -0.4 is 5.32 Å². The minimum atomic E-state index is -1.62. The first kappa shape index (κ1) is 15.8. The van der Waals surface area contributed by atoms with E-state index in [1.165, 1.54) is 11.3 Å². The van der Waals surface area contributed by atoms with E-state index in [0.717, 1.165) is 28.9 Å². The Kier molecular flexibility index (Phi) is 4.84. The minimum Gasteiger partial charge on any atom is -0.323 e. The molecule has 1 atom stereocenters. The molecule has 1 aromatic carbocycles. The van der Waals surface area contributed by atoms with Gasteiger partial charge in [0.2, 0.25) is 5.91 Å². The zero-order valence-corrected chi connectivity index (χ0v) is 12.6. The smallest absolute Gasteiger partial charge is 0.237 e. The van der Waals surface area contributed by atoms with E-state index in [0.29, 0.717) is 4.34 Å². The van der Waals surface area contributed by atoms with Crippen molar-refractivity contribution in [2.24, 2.45) is 0 Å². The normalized spacial score (nSPS) is 12.2. The molecule has 1 heterocycles. The van der Waals surface area contributed by atoms with E-state index in [2.05, 4.69) is 15.5 Å². The predicted octanol–water partition coefficient (Wildman–Crippen LogP) is 3.38. The molecule has 0 aliphatic carbocycles. The molecule has 0 fully saturated rings. The van der Waals surface area contributed by atoms with E-state index in [4.69, 9.17) is 0 Å². The number of thioether (sulfide) groups is 1. The predicted molar refractivity (Wildman–Crippen MR) is 74.9 cm³/mol. The molecule has 112 valence electrons. The standard InChI is InChI=1S/C12H10F3N3OS2/c1-5(20-12-18-17-6(2)21-12)11(19)16-8-4-3-7(13)9(14)10(8)15/h3-5H,1-2H3,(H,16,19)/t5-/m0/s1. The molecule has 0 radical (unpaired) electrons. The SMILES string of the molecule is Cc1nnc(S[C@@H](C)C(=O)Nc2ccc(F)c(F)c2F)s1. The quantitative estimate of drug-likeness (QED) is 0.688. The summed E-state index contributed by atoms with van der Waals surface area (Å²) in [7, 11) is 0. The molecule has 0 unspecified atom stereocenters. The van der Waals surface area contributed by atoms with Crippen molar-refractivity contribution in [3.05, 3.63) is 34.6 Å². The van der Waals surface area contributed by atoms with Crippen molar-refractivity contribution in [2.45, 2.75) is 23.4 Å². The highest BCUT2D eigenvalue weighted by atomic mass is 32.2. The van der Waals surface area contributed by atoms with E-state index in [1.807, 2.05) is 0 Å². The van der Waals surface area contributed by atoms with Crippen molar-refractivity contribution in [1.29, 1.82) is 0 Å². The van der Waals surface area contributed by atoms with Crippen LogP contribution in [0, 0.1) is 24.4 Å². The largest absolute Gasteiger partial charge is 0.323 e. The molecule has 0 spiro atoms. The van der Waals surface area contributed by atoms with Crippen LogP contribution in [-0.2, 0) is 4.79 Å². The number of hydrogen-bond acceptors (Lipinski definition) is 5. The molecule has 0 bridgehead atoms. The van der Waals surface area contributed by atoms with Crippen LogP contribution in [0.5, 0.6) is 0 Å². The lowest BCUT2D eigenvalue weighted by Gasteiger charge is -2.11. The molecule has 2 rings (SSSR count). The monoisotopic (exact) mass is 333 g/mol. The summed E-state index contributed by atoms with van der Waals surface area (Å²) < 4.78 is 39.9. The van der Waals surface area contributed by atoms with Crippen molar-refractivity contribution in [3.8, 4) is 0 Å². The second-order valence-electron chi connectivity index (χ2n) is 4.06. The summed E-state index contributed by atoms with van der Waals surface area (Å²) in [6.07, 6.45) is 0. The molecule has 0 saturated heterocycles. The van der Waals surface area contributed by atoms with Crippen LogP contribution >= 0.6 is 23.1 Å². The maximum atomic E-state index is 13.5. The second-order valence-corrected chi connectivity index (χ2v) is 6.83. The summed E-state index contributed by atoms with van der Waals surface area (Å²) in [5, 5.41) is 10.1. The molecule has 1 N–H and O–H groups in total. The van der Waals surface area contributed by atoms with Crippen molar-refractivity contribution >= 4 is 34.7 Å². The zero-order valence-electron chi connectivity index (χ0n) is 11.0. The number of halogens is 3. The number of hydrogen-bond donors (Lipinski definition) is 1. The van der Waals surface area contributed by atoms with Crippen molar-refractivity contribution < 1.29 is 18.0 Å². The van der Waals surface area contributed by atoms with Gasteiger partial charge in [-0.05, 0) is 26.0 Å². The maximum absolute atomic E-state index is 13.5. The van der Waals surface area contributed by atoms with Crippen LogP contribution in [0.2, 0.25) is 0 Å². The van der Waals surface area contributed by atoms with Gasteiger partial charge in [-0.2, -0.15) is 0 Å². The Morgan fingerprint density at radius 3 is 2.62 bits per heavy atom. The molecule has 1 aromatic heterocycles. The third-order valence-corrected chi connectivity index (χ3v) is 4.47. The third-order valence-electron chi connectivity index (χ3n) is 2.45. The van der Waals surface area contributed by atoms with Gasteiger partial charge >= 0.3 is 0 Å². The van der Waals surface area contributed by atoms with Gasteiger partial charge in [-0.25, -0.2) is 13.2 Å². The van der Waals surface area contributed by atoms with Gasteiger partial charge in [-0.3, -0.25) is 4.79 Å². The average Bonchev–Trinajstić information content (AvgIpc) is 2.84. The Morgan fingerprint density at radius 1 is 1.29 bits per heavy atom. The number of amides is 1. The average molecular weight is 333 g/mol. The molecule has 21 heavy (non-hydrogen) atoms. The Hall–Kier alpha value is -1.61. The molecule has 0 aliphatic rings. The Bertz CT molecular complexity index is 678. The van der Waals surface area contributed by atoms with Gasteiger partial charge in [0.05, 0.1) is 10.9 Å². The lowest BCUT2D eigenvalue weighted by molar-refractivity contribution is -0.115. The number of carbonyl (C=O) groups excluding carboxylic acids is 1. The van der Waals surface area contributed by atoms with Crippen LogP contribution in [0.15, 0.2) is 16.5 Å². The van der Waals surface area contributed by atoms with Crippen LogP contribution in [-0.4, -0.2) is 21.4 Å². The lowest BCUT2D eigenvalue weighted by Crippen LogP contribution is -2.23. The third kappa shape index (κ3) is 3.73. The van der Waals surface area contributed by atoms with Crippen molar-refractivity contribution in [1.82, 2.24) is 10.2 Å². The van der Waals surface area contributed by atoms with Gasteiger partial charge in [0.25, 0.3) is 0 Å².